The molecule has 0 aliphatic carbocycles. The largest absolute Gasteiger partial charge is 0.461 e. The van der Waals surface area contributed by atoms with Gasteiger partial charge in [0, 0.05) is 35.1 Å². The van der Waals surface area contributed by atoms with E-state index in [2.05, 4.69) is 19.2 Å². The molecule has 4 rings (SSSR count). The molecule has 0 radical (unpaired) electrons. The molecule has 0 saturated heterocycles. The van der Waals surface area contributed by atoms with E-state index in [1.54, 1.807) is 6.20 Å². The minimum atomic E-state index is 0.491. The Morgan fingerprint density at radius 2 is 2.03 bits per heavy atom. The molecule has 1 aliphatic rings. The summed E-state index contributed by atoms with van der Waals surface area (Å²) in [6.45, 7) is 5.27. The fraction of sp³-hybridized carbons (Fsp3) is 0.217. The summed E-state index contributed by atoms with van der Waals surface area (Å²) in [5.41, 5.74) is 4.62. The van der Waals surface area contributed by atoms with Crippen LogP contribution in [-0.4, -0.2) is 23.7 Å². The van der Waals surface area contributed by atoms with E-state index >= 15 is 0 Å². The Labute approximate surface area is 174 Å². The number of aryl methyl sites for hydroxylation is 2. The van der Waals surface area contributed by atoms with Gasteiger partial charge in [-0.3, -0.25) is 4.79 Å². The molecule has 148 valence electrons. The van der Waals surface area contributed by atoms with Crippen LogP contribution in [0.5, 0.6) is 0 Å². The van der Waals surface area contributed by atoms with Gasteiger partial charge in [0.2, 0.25) is 5.96 Å². The number of nitrogens with one attached hydrogen (secondary N) is 1. The fourth-order valence-corrected chi connectivity index (χ4v) is 3.62. The molecular formula is C23H22ClN3O2. The summed E-state index contributed by atoms with van der Waals surface area (Å²) in [5, 5.41) is 4.94. The second-order valence-corrected chi connectivity index (χ2v) is 7.52. The summed E-state index contributed by atoms with van der Waals surface area (Å²) in [6.07, 6.45) is 3.44. The van der Waals surface area contributed by atoms with Crippen LogP contribution in [-0.2, 0) is 17.8 Å². The number of carbonyl (C=O) groups excluding carboxylic acids is 1. The van der Waals surface area contributed by atoms with E-state index in [1.165, 1.54) is 0 Å². The topological polar surface area (TPSA) is 57.8 Å². The molecule has 3 aromatic rings. The average Bonchev–Trinajstić information content (AvgIpc) is 3.06. The van der Waals surface area contributed by atoms with Crippen LogP contribution in [0.2, 0.25) is 5.02 Å². The Morgan fingerprint density at radius 3 is 2.76 bits per heavy atom. The number of hydrogen-bond acceptors (Lipinski definition) is 3. The number of benzene rings is 2. The second kappa shape index (κ2) is 8.13. The monoisotopic (exact) mass is 407 g/mol. The van der Waals surface area contributed by atoms with Gasteiger partial charge in [-0.15, -0.1) is 0 Å². The predicted molar refractivity (Wildman–Crippen MR) is 117 cm³/mol. The molecule has 2 heterocycles. The number of guanidine groups is 1. The van der Waals surface area contributed by atoms with Gasteiger partial charge in [0.05, 0.1) is 12.2 Å². The molecule has 1 aromatic heterocycles. The molecule has 6 heteroatoms. The summed E-state index contributed by atoms with van der Waals surface area (Å²) >= 11 is 6.00. The van der Waals surface area contributed by atoms with Crippen molar-refractivity contribution in [1.82, 2.24) is 10.2 Å². The molecule has 0 saturated carbocycles. The van der Waals surface area contributed by atoms with Crippen LogP contribution in [0.1, 0.15) is 23.8 Å². The number of carbonyl (C=O) groups is 1. The van der Waals surface area contributed by atoms with E-state index in [0.29, 0.717) is 29.6 Å². The molecule has 29 heavy (non-hydrogen) atoms. The number of aldehydes is 1. The Morgan fingerprint density at radius 1 is 1.24 bits per heavy atom. The number of furan rings is 1. The predicted octanol–water partition coefficient (Wildman–Crippen LogP) is 5.13. The van der Waals surface area contributed by atoms with Crippen molar-refractivity contribution >= 4 is 40.5 Å². The second-order valence-electron chi connectivity index (χ2n) is 7.08. The lowest BCUT2D eigenvalue weighted by molar-refractivity contribution is -0.105. The van der Waals surface area contributed by atoms with Gasteiger partial charge in [0.15, 0.2) is 0 Å². The van der Waals surface area contributed by atoms with E-state index in [9.17, 15) is 4.79 Å². The highest BCUT2D eigenvalue weighted by Gasteiger charge is 2.18. The van der Waals surface area contributed by atoms with Gasteiger partial charge in [-0.1, -0.05) is 30.7 Å². The van der Waals surface area contributed by atoms with Crippen molar-refractivity contribution in [3.63, 3.8) is 0 Å². The Balaban J connectivity index is 1.67. The number of nitrogens with zero attached hydrogens (tertiary/aromatic N) is 2. The first-order chi connectivity index (χ1) is 14.1. The zero-order valence-corrected chi connectivity index (χ0v) is 17.2. The first kappa shape index (κ1) is 19.3. The van der Waals surface area contributed by atoms with Crippen LogP contribution in [0, 0.1) is 6.92 Å². The Hall–Kier alpha value is -3.05. The van der Waals surface area contributed by atoms with Gasteiger partial charge >= 0.3 is 0 Å². The molecule has 1 N–H and O–H groups in total. The van der Waals surface area contributed by atoms with Crippen LogP contribution < -0.4 is 5.32 Å². The fourth-order valence-electron chi connectivity index (χ4n) is 3.49. The Bertz CT molecular complexity index is 1110. The SMILES string of the molecule is CCc1oc2ccc(/N=C3\NC=C(C=O)CN3Cc3ccc(Cl)cc3)cc2c1C. The van der Waals surface area contributed by atoms with Crippen molar-refractivity contribution < 1.29 is 9.21 Å². The van der Waals surface area contributed by atoms with E-state index < -0.39 is 0 Å². The molecular weight excluding hydrogens is 386 g/mol. The number of aliphatic imine (C=N–C) groups is 1. The highest BCUT2D eigenvalue weighted by molar-refractivity contribution is 6.30. The average molecular weight is 408 g/mol. The summed E-state index contributed by atoms with van der Waals surface area (Å²) in [6, 6.07) is 13.6. The van der Waals surface area contributed by atoms with Gasteiger partial charge in [0.25, 0.3) is 0 Å². The van der Waals surface area contributed by atoms with Crippen molar-refractivity contribution in [3.05, 3.63) is 76.1 Å². The minimum absolute atomic E-state index is 0.491. The lowest BCUT2D eigenvalue weighted by Gasteiger charge is -2.29. The highest BCUT2D eigenvalue weighted by Crippen LogP contribution is 2.29. The maximum Gasteiger partial charge on any atom is 0.203 e. The zero-order valence-electron chi connectivity index (χ0n) is 16.4. The third-order valence-corrected chi connectivity index (χ3v) is 5.32. The maximum absolute atomic E-state index is 11.3. The van der Waals surface area contributed by atoms with Crippen LogP contribution in [0.3, 0.4) is 0 Å². The van der Waals surface area contributed by atoms with E-state index in [-0.39, 0.29) is 0 Å². The Kier molecular flexibility index (Phi) is 5.41. The van der Waals surface area contributed by atoms with Crippen LogP contribution in [0.15, 0.2) is 63.6 Å². The molecule has 0 amide bonds. The number of halogens is 1. The van der Waals surface area contributed by atoms with Gasteiger partial charge < -0.3 is 14.6 Å². The molecule has 0 bridgehead atoms. The lowest BCUT2D eigenvalue weighted by Crippen LogP contribution is -2.43. The van der Waals surface area contributed by atoms with Crippen molar-refractivity contribution in [3.8, 4) is 0 Å². The maximum atomic E-state index is 11.3. The third kappa shape index (κ3) is 4.05. The number of fused-ring (bicyclic) bond motifs is 1. The van der Waals surface area contributed by atoms with Gasteiger partial charge in [-0.05, 0) is 48.4 Å². The lowest BCUT2D eigenvalue weighted by atomic mass is 10.1. The zero-order chi connectivity index (χ0) is 20.4. The minimum Gasteiger partial charge on any atom is -0.461 e. The van der Waals surface area contributed by atoms with Crippen LogP contribution in [0.4, 0.5) is 5.69 Å². The van der Waals surface area contributed by atoms with E-state index in [0.717, 1.165) is 46.3 Å². The van der Waals surface area contributed by atoms with Crippen molar-refractivity contribution in [1.29, 1.82) is 0 Å². The van der Waals surface area contributed by atoms with E-state index in [4.69, 9.17) is 21.0 Å². The van der Waals surface area contributed by atoms with Crippen LogP contribution >= 0.6 is 11.6 Å². The van der Waals surface area contributed by atoms with Gasteiger partial charge in [0.1, 0.15) is 17.6 Å². The highest BCUT2D eigenvalue weighted by atomic mass is 35.5. The molecule has 2 aromatic carbocycles. The molecule has 0 atom stereocenters. The smallest absolute Gasteiger partial charge is 0.203 e. The quantitative estimate of drug-likeness (QED) is 0.595. The van der Waals surface area contributed by atoms with E-state index in [1.807, 2.05) is 47.4 Å². The summed E-state index contributed by atoms with van der Waals surface area (Å²) in [5.74, 6) is 1.70. The van der Waals surface area contributed by atoms with Crippen LogP contribution in [0.25, 0.3) is 11.0 Å². The molecule has 0 unspecified atom stereocenters. The molecule has 5 nitrogen and oxygen atoms in total. The van der Waals surface area contributed by atoms with Gasteiger partial charge in [-0.2, -0.15) is 0 Å². The first-order valence-corrected chi connectivity index (χ1v) is 9.96. The summed E-state index contributed by atoms with van der Waals surface area (Å²) in [4.78, 5) is 18.1. The van der Waals surface area contributed by atoms with Gasteiger partial charge in [-0.25, -0.2) is 4.99 Å². The summed E-state index contributed by atoms with van der Waals surface area (Å²) < 4.78 is 5.90. The number of rotatable bonds is 5. The third-order valence-electron chi connectivity index (χ3n) is 5.07. The normalized spacial score (nSPS) is 15.5. The standard InChI is InChI=1S/C23H22ClN3O2/c1-3-21-15(2)20-10-19(8-9-22(20)29-21)26-23-25-11-17(14-28)13-27(23)12-16-4-6-18(24)7-5-16/h4-11,14H,3,12-13H2,1-2H3,(H,25,26). The summed E-state index contributed by atoms with van der Waals surface area (Å²) in [7, 11) is 0. The molecule has 0 fully saturated rings. The van der Waals surface area contributed by atoms with Crippen molar-refractivity contribution in [2.24, 2.45) is 4.99 Å². The first-order valence-electron chi connectivity index (χ1n) is 9.58. The van der Waals surface area contributed by atoms with Crippen molar-refractivity contribution in [2.45, 2.75) is 26.8 Å². The molecule has 0 spiro atoms. The molecule has 1 aliphatic heterocycles. The number of hydrogen-bond donors (Lipinski definition) is 1. The van der Waals surface area contributed by atoms with Crippen molar-refractivity contribution in [2.75, 3.05) is 6.54 Å².